The third-order valence-corrected chi connectivity index (χ3v) is 4.06. The summed E-state index contributed by atoms with van der Waals surface area (Å²) in [5, 5.41) is 0.611. The molecule has 3 nitrogen and oxygen atoms in total. The molecule has 1 aromatic heterocycles. The highest BCUT2D eigenvalue weighted by Gasteiger charge is 2.10. The van der Waals surface area contributed by atoms with Gasteiger partial charge in [0.2, 0.25) is 0 Å². The minimum Gasteiger partial charge on any atom is -0.268 e. The van der Waals surface area contributed by atoms with E-state index >= 15 is 0 Å². The van der Waals surface area contributed by atoms with Crippen LogP contribution in [0.15, 0.2) is 89.7 Å². The fourth-order valence-corrected chi connectivity index (χ4v) is 2.80. The summed E-state index contributed by atoms with van der Waals surface area (Å²) < 4.78 is 1.62. The maximum Gasteiger partial charge on any atom is 0.265 e. The topological polar surface area (TPSA) is 34.9 Å². The van der Waals surface area contributed by atoms with E-state index in [-0.39, 0.29) is 5.56 Å². The van der Waals surface area contributed by atoms with Crippen LogP contribution in [-0.2, 0) is 0 Å². The second-order valence-electron chi connectivity index (χ2n) is 5.72. The molecule has 3 heteroatoms. The summed E-state index contributed by atoms with van der Waals surface area (Å²) in [6.07, 6.45) is 3.71. The van der Waals surface area contributed by atoms with Gasteiger partial charge in [-0.25, -0.2) is 4.98 Å². The monoisotopic (exact) mass is 324 g/mol. The van der Waals surface area contributed by atoms with Crippen LogP contribution < -0.4 is 5.56 Å². The minimum absolute atomic E-state index is 0.0726. The molecule has 0 aliphatic heterocycles. The lowest BCUT2D eigenvalue weighted by Gasteiger charge is -2.10. The Bertz CT molecular complexity index is 1100. The van der Waals surface area contributed by atoms with Gasteiger partial charge in [-0.1, -0.05) is 72.8 Å². The summed E-state index contributed by atoms with van der Waals surface area (Å²) in [5.74, 6) is 0.636. The maximum absolute atomic E-state index is 13.0. The van der Waals surface area contributed by atoms with Crippen molar-refractivity contribution in [3.05, 3.63) is 101 Å². The van der Waals surface area contributed by atoms with E-state index < -0.39 is 0 Å². The van der Waals surface area contributed by atoms with Crippen molar-refractivity contribution in [2.24, 2.45) is 0 Å². The lowest BCUT2D eigenvalue weighted by molar-refractivity contribution is 1.04. The molecule has 0 amide bonds. The second kappa shape index (κ2) is 6.57. The molecule has 0 aliphatic rings. The number of hydrogen-bond acceptors (Lipinski definition) is 2. The van der Waals surface area contributed by atoms with Gasteiger partial charge in [0.15, 0.2) is 0 Å². The van der Waals surface area contributed by atoms with Crippen LogP contribution in [0.25, 0.3) is 34.6 Å². The van der Waals surface area contributed by atoms with E-state index in [4.69, 9.17) is 4.98 Å². The molecule has 0 aliphatic carbocycles. The number of benzene rings is 3. The van der Waals surface area contributed by atoms with E-state index in [1.807, 2.05) is 91.0 Å². The molecule has 0 saturated heterocycles. The van der Waals surface area contributed by atoms with Crippen LogP contribution in [0.2, 0.25) is 0 Å². The Kier molecular flexibility index (Phi) is 3.97. The normalized spacial score (nSPS) is 11.2. The van der Waals surface area contributed by atoms with Crippen molar-refractivity contribution in [1.29, 1.82) is 0 Å². The van der Waals surface area contributed by atoms with Crippen molar-refractivity contribution in [2.45, 2.75) is 0 Å². The quantitative estimate of drug-likeness (QED) is 0.548. The molecule has 0 radical (unpaired) electrons. The number of hydrogen-bond donors (Lipinski definition) is 0. The van der Waals surface area contributed by atoms with Crippen molar-refractivity contribution in [2.75, 3.05) is 0 Å². The molecular formula is C22H16N2O. The van der Waals surface area contributed by atoms with E-state index in [2.05, 4.69) is 0 Å². The molecule has 25 heavy (non-hydrogen) atoms. The highest BCUT2D eigenvalue weighted by Crippen LogP contribution is 2.19. The van der Waals surface area contributed by atoms with Crippen LogP contribution in [0, 0.1) is 0 Å². The summed E-state index contributed by atoms with van der Waals surface area (Å²) in [5.41, 5.74) is 2.57. The number of fused-ring (bicyclic) bond motifs is 1. The highest BCUT2D eigenvalue weighted by atomic mass is 16.1. The SMILES string of the molecule is O=c1c2ccccc2nc(-c2ccccc2)n1C=Cc1ccccc1. The van der Waals surface area contributed by atoms with Gasteiger partial charge < -0.3 is 0 Å². The summed E-state index contributed by atoms with van der Waals surface area (Å²) in [7, 11) is 0. The van der Waals surface area contributed by atoms with Crippen molar-refractivity contribution in [3.8, 4) is 11.4 Å². The first-order valence-electron chi connectivity index (χ1n) is 8.13. The van der Waals surface area contributed by atoms with Crippen molar-refractivity contribution < 1.29 is 0 Å². The fraction of sp³-hybridized carbons (Fsp3) is 0. The summed E-state index contributed by atoms with van der Waals surface area (Å²) in [6, 6.07) is 27.1. The van der Waals surface area contributed by atoms with Gasteiger partial charge in [0, 0.05) is 11.8 Å². The van der Waals surface area contributed by atoms with Gasteiger partial charge in [0.05, 0.1) is 10.9 Å². The van der Waals surface area contributed by atoms with Gasteiger partial charge in [-0.15, -0.1) is 0 Å². The summed E-state index contributed by atoms with van der Waals surface area (Å²) in [4.78, 5) is 17.7. The van der Waals surface area contributed by atoms with Gasteiger partial charge in [-0.2, -0.15) is 0 Å². The molecule has 4 rings (SSSR count). The smallest absolute Gasteiger partial charge is 0.265 e. The average molecular weight is 324 g/mol. The molecule has 120 valence electrons. The Morgan fingerprint density at radius 3 is 2.16 bits per heavy atom. The number of para-hydroxylation sites is 1. The zero-order chi connectivity index (χ0) is 17.1. The third kappa shape index (κ3) is 3.00. The summed E-state index contributed by atoms with van der Waals surface area (Å²) in [6.45, 7) is 0. The van der Waals surface area contributed by atoms with Gasteiger partial charge in [-0.05, 0) is 23.8 Å². The molecule has 1 heterocycles. The first-order valence-corrected chi connectivity index (χ1v) is 8.13. The molecule has 0 atom stereocenters. The molecular weight excluding hydrogens is 308 g/mol. The Balaban J connectivity index is 1.96. The van der Waals surface area contributed by atoms with Crippen LogP contribution >= 0.6 is 0 Å². The largest absolute Gasteiger partial charge is 0.268 e. The zero-order valence-corrected chi connectivity index (χ0v) is 13.5. The Labute approximate surface area is 145 Å². The van der Waals surface area contributed by atoms with E-state index in [0.29, 0.717) is 16.7 Å². The lowest BCUT2D eigenvalue weighted by atomic mass is 10.1. The standard InChI is InChI=1S/C22H16N2O/c25-22-19-13-7-8-14-20(19)23-21(18-11-5-2-6-12-18)24(22)16-15-17-9-3-1-4-10-17/h1-16H. The van der Waals surface area contributed by atoms with Crippen molar-refractivity contribution in [3.63, 3.8) is 0 Å². The highest BCUT2D eigenvalue weighted by molar-refractivity contribution is 5.81. The van der Waals surface area contributed by atoms with Crippen molar-refractivity contribution >= 4 is 23.2 Å². The van der Waals surface area contributed by atoms with Gasteiger partial charge in [0.25, 0.3) is 5.56 Å². The van der Waals surface area contributed by atoms with Gasteiger partial charge >= 0.3 is 0 Å². The minimum atomic E-state index is -0.0726. The molecule has 0 bridgehead atoms. The first-order chi connectivity index (χ1) is 12.3. The number of nitrogens with zero attached hydrogens (tertiary/aromatic N) is 2. The average Bonchev–Trinajstić information content (AvgIpc) is 2.69. The van der Waals surface area contributed by atoms with Gasteiger partial charge in [0.1, 0.15) is 5.82 Å². The number of rotatable bonds is 3. The Morgan fingerprint density at radius 1 is 0.760 bits per heavy atom. The first kappa shape index (κ1) is 15.1. The van der Waals surface area contributed by atoms with Crippen molar-refractivity contribution in [1.82, 2.24) is 9.55 Å². The molecule has 0 saturated carbocycles. The molecule has 4 aromatic rings. The summed E-state index contributed by atoms with van der Waals surface area (Å²) >= 11 is 0. The van der Waals surface area contributed by atoms with Crippen LogP contribution in [0.4, 0.5) is 0 Å². The second-order valence-corrected chi connectivity index (χ2v) is 5.72. The van der Waals surface area contributed by atoms with Crippen LogP contribution in [-0.4, -0.2) is 9.55 Å². The molecule has 0 spiro atoms. The van der Waals surface area contributed by atoms with E-state index in [0.717, 1.165) is 11.1 Å². The maximum atomic E-state index is 13.0. The van der Waals surface area contributed by atoms with Gasteiger partial charge in [-0.3, -0.25) is 9.36 Å². The van der Waals surface area contributed by atoms with E-state index in [9.17, 15) is 4.79 Å². The van der Waals surface area contributed by atoms with Crippen LogP contribution in [0.3, 0.4) is 0 Å². The van der Waals surface area contributed by atoms with Crippen LogP contribution in [0.5, 0.6) is 0 Å². The molecule has 0 fully saturated rings. The predicted octanol–water partition coefficient (Wildman–Crippen LogP) is 4.69. The number of aromatic nitrogens is 2. The molecule has 3 aromatic carbocycles. The lowest BCUT2D eigenvalue weighted by Crippen LogP contribution is -2.19. The van der Waals surface area contributed by atoms with E-state index in [1.165, 1.54) is 0 Å². The Hall–Kier alpha value is -3.46. The van der Waals surface area contributed by atoms with E-state index in [1.54, 1.807) is 10.8 Å². The fourth-order valence-electron chi connectivity index (χ4n) is 2.80. The Morgan fingerprint density at radius 2 is 1.40 bits per heavy atom. The molecule has 0 N–H and O–H groups in total. The molecule has 0 unspecified atom stereocenters. The predicted molar refractivity (Wildman–Crippen MR) is 103 cm³/mol. The van der Waals surface area contributed by atoms with Crippen LogP contribution in [0.1, 0.15) is 5.56 Å². The zero-order valence-electron chi connectivity index (χ0n) is 13.5. The third-order valence-electron chi connectivity index (χ3n) is 4.06.